The molecular weight excluding hydrogens is 386 g/mol. The molecule has 0 bridgehead atoms. The van der Waals surface area contributed by atoms with Crippen molar-refractivity contribution in [1.82, 2.24) is 9.80 Å². The minimum absolute atomic E-state index is 0.0846. The van der Waals surface area contributed by atoms with Gasteiger partial charge in [-0.2, -0.15) is 0 Å². The summed E-state index contributed by atoms with van der Waals surface area (Å²) < 4.78 is 0. The summed E-state index contributed by atoms with van der Waals surface area (Å²) in [6.07, 6.45) is 1.57. The number of nitrogens with zero attached hydrogens (tertiary/aromatic N) is 2. The zero-order valence-electron chi connectivity index (χ0n) is 16.6. The molecular formula is C23H27ClN3O2+. The fourth-order valence-electron chi connectivity index (χ4n) is 4.22. The van der Waals surface area contributed by atoms with E-state index >= 15 is 0 Å². The summed E-state index contributed by atoms with van der Waals surface area (Å²) >= 11 is 6.09. The third-order valence-electron chi connectivity index (χ3n) is 5.82. The molecule has 0 atom stereocenters. The predicted octanol–water partition coefficient (Wildman–Crippen LogP) is 2.00. The van der Waals surface area contributed by atoms with E-state index in [1.807, 2.05) is 52.3 Å². The van der Waals surface area contributed by atoms with Gasteiger partial charge < -0.3 is 14.7 Å². The average Bonchev–Trinajstić information content (AvgIpc) is 3.13. The summed E-state index contributed by atoms with van der Waals surface area (Å²) in [5.41, 5.74) is 2.97. The van der Waals surface area contributed by atoms with Crippen LogP contribution < -0.4 is 4.90 Å². The van der Waals surface area contributed by atoms with Gasteiger partial charge in [-0.25, -0.2) is 0 Å². The number of benzene rings is 2. The Morgan fingerprint density at radius 2 is 1.76 bits per heavy atom. The smallest absolute Gasteiger partial charge is 0.254 e. The summed E-state index contributed by atoms with van der Waals surface area (Å²) in [5, 5.41) is 0.770. The molecule has 2 fully saturated rings. The monoisotopic (exact) mass is 412 g/mol. The molecule has 6 heteroatoms. The molecule has 152 valence electrons. The van der Waals surface area contributed by atoms with Crippen molar-refractivity contribution in [2.45, 2.75) is 25.9 Å². The number of carbonyl (C=O) groups excluding carboxylic acids is 2. The van der Waals surface area contributed by atoms with Crippen LogP contribution in [0.2, 0.25) is 5.02 Å². The first-order valence-corrected chi connectivity index (χ1v) is 10.7. The minimum atomic E-state index is 0.0846. The SMILES string of the molecule is O=C1CCCN1Cc1cccc(C(=O)N2CC[NH+](Cc3cccc(Cl)c3)CC2)c1. The highest BCUT2D eigenvalue weighted by molar-refractivity contribution is 6.30. The second-order valence-electron chi connectivity index (χ2n) is 7.97. The fourth-order valence-corrected chi connectivity index (χ4v) is 4.43. The van der Waals surface area contributed by atoms with Gasteiger partial charge in [-0.05, 0) is 36.2 Å². The van der Waals surface area contributed by atoms with Crippen LogP contribution in [0.3, 0.4) is 0 Å². The van der Waals surface area contributed by atoms with Gasteiger partial charge in [0.1, 0.15) is 6.54 Å². The third-order valence-corrected chi connectivity index (χ3v) is 6.05. The molecule has 0 aromatic heterocycles. The highest BCUT2D eigenvalue weighted by Crippen LogP contribution is 2.16. The number of rotatable bonds is 5. The molecule has 0 radical (unpaired) electrons. The van der Waals surface area contributed by atoms with E-state index in [9.17, 15) is 9.59 Å². The Morgan fingerprint density at radius 3 is 2.48 bits per heavy atom. The molecule has 2 saturated heterocycles. The van der Waals surface area contributed by atoms with Gasteiger partial charge in [0.2, 0.25) is 5.91 Å². The number of amides is 2. The first-order chi connectivity index (χ1) is 14.1. The Labute approximate surface area is 176 Å². The molecule has 0 saturated carbocycles. The lowest BCUT2D eigenvalue weighted by Gasteiger charge is -2.32. The Hall–Kier alpha value is -2.37. The molecule has 2 aliphatic heterocycles. The van der Waals surface area contributed by atoms with Gasteiger partial charge in [0, 0.05) is 35.7 Å². The summed E-state index contributed by atoms with van der Waals surface area (Å²) in [7, 11) is 0. The second-order valence-corrected chi connectivity index (χ2v) is 8.40. The molecule has 2 amide bonds. The van der Waals surface area contributed by atoms with Crippen molar-refractivity contribution >= 4 is 23.4 Å². The van der Waals surface area contributed by atoms with Gasteiger partial charge in [0.05, 0.1) is 26.2 Å². The highest BCUT2D eigenvalue weighted by Gasteiger charge is 2.25. The zero-order valence-corrected chi connectivity index (χ0v) is 17.3. The van der Waals surface area contributed by atoms with Gasteiger partial charge >= 0.3 is 0 Å². The van der Waals surface area contributed by atoms with Crippen LogP contribution in [0.5, 0.6) is 0 Å². The summed E-state index contributed by atoms with van der Waals surface area (Å²) in [6.45, 7) is 5.71. The van der Waals surface area contributed by atoms with E-state index in [1.165, 1.54) is 10.5 Å². The van der Waals surface area contributed by atoms with Crippen LogP contribution in [0.25, 0.3) is 0 Å². The van der Waals surface area contributed by atoms with Crippen LogP contribution in [-0.2, 0) is 17.9 Å². The van der Waals surface area contributed by atoms with Crippen LogP contribution in [0.1, 0.15) is 34.3 Å². The summed E-state index contributed by atoms with van der Waals surface area (Å²) in [4.78, 5) is 30.1. The molecule has 5 nitrogen and oxygen atoms in total. The molecule has 4 rings (SSSR count). The predicted molar refractivity (Wildman–Crippen MR) is 113 cm³/mol. The Morgan fingerprint density at radius 1 is 1.00 bits per heavy atom. The summed E-state index contributed by atoms with van der Waals surface area (Å²) in [5.74, 6) is 0.293. The van der Waals surface area contributed by atoms with Gasteiger partial charge in [0.25, 0.3) is 5.91 Å². The van der Waals surface area contributed by atoms with Crippen molar-refractivity contribution in [2.75, 3.05) is 32.7 Å². The molecule has 2 aromatic rings. The number of nitrogens with one attached hydrogen (secondary N) is 1. The zero-order chi connectivity index (χ0) is 20.2. The largest absolute Gasteiger partial charge is 0.338 e. The third kappa shape index (κ3) is 4.98. The maximum Gasteiger partial charge on any atom is 0.254 e. The molecule has 0 spiro atoms. The number of hydrogen-bond donors (Lipinski definition) is 1. The van der Waals surface area contributed by atoms with Crippen molar-refractivity contribution in [3.05, 3.63) is 70.2 Å². The van der Waals surface area contributed by atoms with Crippen LogP contribution in [0.4, 0.5) is 0 Å². The van der Waals surface area contributed by atoms with Crippen molar-refractivity contribution in [1.29, 1.82) is 0 Å². The van der Waals surface area contributed by atoms with Crippen LogP contribution in [-0.4, -0.2) is 54.3 Å². The lowest BCUT2D eigenvalue weighted by atomic mass is 10.1. The van der Waals surface area contributed by atoms with E-state index < -0.39 is 0 Å². The van der Waals surface area contributed by atoms with E-state index in [2.05, 4.69) is 6.07 Å². The van der Waals surface area contributed by atoms with E-state index in [0.29, 0.717) is 18.5 Å². The second kappa shape index (κ2) is 8.97. The molecule has 1 N–H and O–H groups in total. The number of carbonyl (C=O) groups is 2. The molecule has 0 aliphatic carbocycles. The van der Waals surface area contributed by atoms with Gasteiger partial charge in [0.15, 0.2) is 0 Å². The number of quaternary nitrogens is 1. The number of halogens is 1. The number of piperazine rings is 1. The average molecular weight is 413 g/mol. The van der Waals surface area contributed by atoms with E-state index in [0.717, 1.165) is 56.3 Å². The van der Waals surface area contributed by atoms with E-state index in [-0.39, 0.29) is 11.8 Å². The quantitative estimate of drug-likeness (QED) is 0.816. The topological polar surface area (TPSA) is 45.1 Å². The Bertz CT molecular complexity index is 893. The van der Waals surface area contributed by atoms with Crippen molar-refractivity contribution < 1.29 is 14.5 Å². The molecule has 0 unspecified atom stereocenters. The van der Waals surface area contributed by atoms with Crippen LogP contribution >= 0.6 is 11.6 Å². The van der Waals surface area contributed by atoms with Crippen LogP contribution in [0, 0.1) is 0 Å². The lowest BCUT2D eigenvalue weighted by Crippen LogP contribution is -3.13. The summed E-state index contributed by atoms with van der Waals surface area (Å²) in [6, 6.07) is 15.7. The molecule has 2 heterocycles. The fraction of sp³-hybridized carbons (Fsp3) is 0.391. The van der Waals surface area contributed by atoms with Crippen molar-refractivity contribution in [2.24, 2.45) is 0 Å². The molecule has 2 aliphatic rings. The van der Waals surface area contributed by atoms with E-state index in [4.69, 9.17) is 11.6 Å². The maximum absolute atomic E-state index is 13.0. The van der Waals surface area contributed by atoms with Gasteiger partial charge in [-0.15, -0.1) is 0 Å². The Balaban J connectivity index is 1.33. The normalized spacial score (nSPS) is 17.8. The number of hydrogen-bond acceptors (Lipinski definition) is 2. The van der Waals surface area contributed by atoms with Crippen molar-refractivity contribution in [3.63, 3.8) is 0 Å². The standard InChI is InChI=1S/C23H26ClN3O2/c24-21-7-2-5-19(15-21)16-25-10-12-26(13-11-25)23(29)20-6-1-4-18(14-20)17-27-9-3-8-22(27)28/h1-2,4-7,14-15H,3,8-13,16-17H2/p+1. The van der Waals surface area contributed by atoms with Crippen molar-refractivity contribution in [3.8, 4) is 0 Å². The first-order valence-electron chi connectivity index (χ1n) is 10.3. The lowest BCUT2D eigenvalue weighted by molar-refractivity contribution is -0.917. The first kappa shape index (κ1) is 19.9. The van der Waals surface area contributed by atoms with Gasteiger partial charge in [-0.1, -0.05) is 35.9 Å². The highest BCUT2D eigenvalue weighted by atomic mass is 35.5. The number of likely N-dealkylation sites (tertiary alicyclic amines) is 1. The van der Waals surface area contributed by atoms with Gasteiger partial charge in [-0.3, -0.25) is 9.59 Å². The minimum Gasteiger partial charge on any atom is -0.338 e. The maximum atomic E-state index is 13.0. The van der Waals surface area contributed by atoms with Crippen LogP contribution in [0.15, 0.2) is 48.5 Å². The molecule has 29 heavy (non-hydrogen) atoms. The molecule has 2 aromatic carbocycles. The van der Waals surface area contributed by atoms with E-state index in [1.54, 1.807) is 0 Å². The Kier molecular flexibility index (Phi) is 6.16.